The lowest BCUT2D eigenvalue weighted by atomic mass is 10.2. The molecule has 4 aromatic rings. The van der Waals surface area contributed by atoms with Gasteiger partial charge >= 0.3 is 0 Å². The van der Waals surface area contributed by atoms with Gasteiger partial charge in [0.05, 0.1) is 24.1 Å². The molecular formula is C24H23N7OS. The molecule has 9 heteroatoms. The third-order valence-electron chi connectivity index (χ3n) is 6.04. The maximum atomic E-state index is 6.02. The number of morpholine rings is 1. The fourth-order valence-electron chi connectivity index (χ4n) is 4.49. The van der Waals surface area contributed by atoms with Crippen LogP contribution in [0.4, 0.5) is 17.2 Å². The van der Waals surface area contributed by atoms with Gasteiger partial charge in [0, 0.05) is 36.7 Å². The Balaban J connectivity index is 1.23. The summed E-state index contributed by atoms with van der Waals surface area (Å²) in [5.74, 6) is 1.66. The topological polar surface area (TPSA) is 79.6 Å². The van der Waals surface area contributed by atoms with Gasteiger partial charge in [0.1, 0.15) is 5.52 Å². The number of aromatic nitrogens is 4. The van der Waals surface area contributed by atoms with Crippen molar-refractivity contribution in [1.82, 2.24) is 19.6 Å². The molecule has 2 aliphatic heterocycles. The van der Waals surface area contributed by atoms with E-state index < -0.39 is 0 Å². The number of hydrogen-bond acceptors (Lipinski definition) is 6. The predicted octanol–water partition coefficient (Wildman–Crippen LogP) is 3.97. The van der Waals surface area contributed by atoms with Crippen molar-refractivity contribution in [1.29, 1.82) is 0 Å². The minimum absolute atomic E-state index is 0.298. The van der Waals surface area contributed by atoms with Crippen molar-refractivity contribution in [3.8, 4) is 11.4 Å². The molecule has 0 radical (unpaired) electrons. The Morgan fingerprint density at radius 3 is 2.52 bits per heavy atom. The highest BCUT2D eigenvalue weighted by Crippen LogP contribution is 2.32. The molecule has 6 rings (SSSR count). The number of ether oxygens (including phenoxy) is 1. The normalized spacial score (nSPS) is 19.6. The summed E-state index contributed by atoms with van der Waals surface area (Å²) in [5, 5.41) is 11.6. The van der Waals surface area contributed by atoms with Crippen LogP contribution in [0.5, 0.6) is 0 Å². The van der Waals surface area contributed by atoms with E-state index in [1.54, 1.807) is 12.4 Å². The Labute approximate surface area is 196 Å². The summed E-state index contributed by atoms with van der Waals surface area (Å²) in [6, 6.07) is 15.8. The van der Waals surface area contributed by atoms with E-state index in [0.29, 0.717) is 23.1 Å². The minimum atomic E-state index is 0.298. The van der Waals surface area contributed by atoms with Crippen molar-refractivity contribution in [2.24, 2.45) is 0 Å². The molecule has 0 amide bonds. The van der Waals surface area contributed by atoms with Gasteiger partial charge in [-0.3, -0.25) is 4.98 Å². The molecule has 0 unspecified atom stereocenters. The van der Waals surface area contributed by atoms with E-state index in [2.05, 4.69) is 26.6 Å². The van der Waals surface area contributed by atoms with E-state index in [0.717, 1.165) is 54.2 Å². The van der Waals surface area contributed by atoms with Crippen LogP contribution in [0.2, 0.25) is 0 Å². The Bertz CT molecular complexity index is 1280. The highest BCUT2D eigenvalue weighted by atomic mass is 32.1. The molecule has 3 aromatic heterocycles. The number of benzene rings is 1. The smallest absolute Gasteiger partial charge is 0.182 e. The molecule has 0 saturated carbocycles. The number of hydrogen-bond donors (Lipinski definition) is 2. The van der Waals surface area contributed by atoms with Gasteiger partial charge in [0.2, 0.25) is 0 Å². The number of pyridine rings is 1. The molecule has 5 heterocycles. The molecular weight excluding hydrogens is 434 g/mol. The number of fused-ring (bicyclic) bond motifs is 3. The van der Waals surface area contributed by atoms with Gasteiger partial charge in [0.15, 0.2) is 16.8 Å². The SMILES string of the molecule is S=C(Nc1ccc(-c2nc(N3C[C@H]4CC[C@@H](C3)O4)c3cccn3n2)cc1)Nc1cccnc1. The molecule has 8 nitrogen and oxygen atoms in total. The average Bonchev–Trinajstić information content (AvgIpc) is 3.45. The van der Waals surface area contributed by atoms with Gasteiger partial charge in [-0.1, -0.05) is 0 Å². The largest absolute Gasteiger partial charge is 0.371 e. The molecule has 2 aliphatic rings. The van der Waals surface area contributed by atoms with Crippen molar-refractivity contribution in [3.63, 3.8) is 0 Å². The second kappa shape index (κ2) is 8.42. The molecule has 166 valence electrons. The summed E-state index contributed by atoms with van der Waals surface area (Å²) in [6.45, 7) is 1.75. The van der Waals surface area contributed by atoms with Crippen molar-refractivity contribution >= 4 is 40.0 Å². The summed E-state index contributed by atoms with van der Waals surface area (Å²) < 4.78 is 7.93. The molecule has 2 N–H and O–H groups in total. The van der Waals surface area contributed by atoms with Crippen LogP contribution in [0.1, 0.15) is 12.8 Å². The van der Waals surface area contributed by atoms with Gasteiger partial charge in [-0.2, -0.15) is 0 Å². The zero-order chi connectivity index (χ0) is 22.2. The van der Waals surface area contributed by atoms with E-state index in [-0.39, 0.29) is 0 Å². The van der Waals surface area contributed by atoms with Crippen LogP contribution < -0.4 is 15.5 Å². The first-order chi connectivity index (χ1) is 16.2. The van der Waals surface area contributed by atoms with Crippen LogP contribution in [-0.4, -0.2) is 50.0 Å². The average molecular weight is 458 g/mol. The first-order valence-electron chi connectivity index (χ1n) is 11.1. The first kappa shape index (κ1) is 20.1. The van der Waals surface area contributed by atoms with Crippen LogP contribution in [-0.2, 0) is 4.74 Å². The summed E-state index contributed by atoms with van der Waals surface area (Å²) in [5.41, 5.74) is 3.68. The van der Waals surface area contributed by atoms with Crippen LogP contribution in [0.25, 0.3) is 16.9 Å². The van der Waals surface area contributed by atoms with Crippen LogP contribution in [0.3, 0.4) is 0 Å². The summed E-state index contributed by atoms with van der Waals surface area (Å²) in [7, 11) is 0. The molecule has 2 saturated heterocycles. The van der Waals surface area contributed by atoms with Crippen LogP contribution in [0.15, 0.2) is 67.1 Å². The van der Waals surface area contributed by atoms with Crippen LogP contribution >= 0.6 is 12.2 Å². The highest BCUT2D eigenvalue weighted by molar-refractivity contribution is 7.80. The molecule has 33 heavy (non-hydrogen) atoms. The van der Waals surface area contributed by atoms with E-state index in [1.807, 2.05) is 53.2 Å². The van der Waals surface area contributed by atoms with Crippen molar-refractivity contribution in [3.05, 3.63) is 67.1 Å². The van der Waals surface area contributed by atoms with E-state index in [1.165, 1.54) is 0 Å². The van der Waals surface area contributed by atoms with Crippen LogP contribution in [0, 0.1) is 0 Å². The number of rotatable bonds is 4. The zero-order valence-corrected chi connectivity index (χ0v) is 18.7. The Kier molecular flexibility index (Phi) is 5.12. The lowest BCUT2D eigenvalue weighted by molar-refractivity contribution is 0.0303. The van der Waals surface area contributed by atoms with Crippen molar-refractivity contribution < 1.29 is 4.74 Å². The maximum absolute atomic E-state index is 6.02. The number of nitrogens with one attached hydrogen (secondary N) is 2. The molecule has 2 fully saturated rings. The number of thiocarbonyl (C=S) groups is 1. The summed E-state index contributed by atoms with van der Waals surface area (Å²) >= 11 is 5.41. The highest BCUT2D eigenvalue weighted by Gasteiger charge is 2.35. The molecule has 2 atom stereocenters. The Hall–Kier alpha value is -3.56. The first-order valence-corrected chi connectivity index (χ1v) is 11.5. The summed E-state index contributed by atoms with van der Waals surface area (Å²) in [4.78, 5) is 11.4. The monoisotopic (exact) mass is 457 g/mol. The van der Waals surface area contributed by atoms with Gasteiger partial charge in [-0.25, -0.2) is 9.50 Å². The fraction of sp³-hybridized carbons (Fsp3) is 0.250. The minimum Gasteiger partial charge on any atom is -0.371 e. The summed E-state index contributed by atoms with van der Waals surface area (Å²) in [6.07, 6.45) is 8.27. The lowest BCUT2D eigenvalue weighted by Crippen LogP contribution is -2.43. The fourth-order valence-corrected chi connectivity index (χ4v) is 4.73. The molecule has 0 aliphatic carbocycles. The predicted molar refractivity (Wildman–Crippen MR) is 133 cm³/mol. The van der Waals surface area contributed by atoms with Crippen molar-refractivity contribution in [2.75, 3.05) is 28.6 Å². The van der Waals surface area contributed by atoms with E-state index >= 15 is 0 Å². The second-order valence-electron chi connectivity index (χ2n) is 8.36. The molecule has 1 aromatic carbocycles. The Morgan fingerprint density at radius 1 is 0.970 bits per heavy atom. The second-order valence-corrected chi connectivity index (χ2v) is 8.77. The van der Waals surface area contributed by atoms with Crippen molar-refractivity contribution in [2.45, 2.75) is 25.0 Å². The van der Waals surface area contributed by atoms with Gasteiger partial charge in [-0.05, 0) is 73.6 Å². The standard InChI is InChI=1S/C24H23N7OS/c33-24(27-18-3-1-11-25-13-18)26-17-7-5-16(6-8-17)22-28-23(21-4-2-12-31(21)29-22)30-14-19-9-10-20(15-30)32-19/h1-8,11-13,19-20H,9-10,14-15H2,(H2,26,27,33)/t19-,20+. The zero-order valence-electron chi connectivity index (χ0n) is 17.9. The van der Waals surface area contributed by atoms with Gasteiger partial charge < -0.3 is 20.3 Å². The van der Waals surface area contributed by atoms with E-state index in [4.69, 9.17) is 27.0 Å². The number of anilines is 3. The van der Waals surface area contributed by atoms with E-state index in [9.17, 15) is 0 Å². The molecule has 2 bridgehead atoms. The lowest BCUT2D eigenvalue weighted by Gasteiger charge is -2.33. The van der Waals surface area contributed by atoms with Gasteiger partial charge in [0.25, 0.3) is 0 Å². The molecule has 0 spiro atoms. The maximum Gasteiger partial charge on any atom is 0.182 e. The quantitative estimate of drug-likeness (QED) is 0.446. The third kappa shape index (κ3) is 4.12. The Morgan fingerprint density at radius 2 is 1.76 bits per heavy atom. The third-order valence-corrected chi connectivity index (χ3v) is 6.24. The van der Waals surface area contributed by atoms with Gasteiger partial charge in [-0.15, -0.1) is 5.10 Å². The number of nitrogens with zero attached hydrogens (tertiary/aromatic N) is 5.